The van der Waals surface area contributed by atoms with Crippen molar-refractivity contribution in [1.29, 1.82) is 0 Å². The summed E-state index contributed by atoms with van der Waals surface area (Å²) in [5.41, 5.74) is 0. The van der Waals surface area contributed by atoms with Gasteiger partial charge in [-0.25, -0.2) is 0 Å². The third kappa shape index (κ3) is 28.7. The van der Waals surface area contributed by atoms with E-state index in [1.807, 2.05) is 0 Å². The van der Waals surface area contributed by atoms with Gasteiger partial charge in [0.25, 0.3) is 0 Å². The maximum atomic E-state index is 13.3. The topological polar surface area (TPSA) is 307 Å². The molecular formula is C62H111NO18. The van der Waals surface area contributed by atoms with Crippen molar-refractivity contribution in [2.75, 3.05) is 26.4 Å². The van der Waals surface area contributed by atoms with E-state index in [1.165, 1.54) is 109 Å². The molecule has 3 fully saturated rings. The normalized spacial score (nSPS) is 30.1. The molecule has 3 aliphatic heterocycles. The lowest BCUT2D eigenvalue weighted by Crippen LogP contribution is -2.66. The van der Waals surface area contributed by atoms with Crippen molar-refractivity contribution >= 4 is 5.91 Å². The van der Waals surface area contributed by atoms with Crippen molar-refractivity contribution in [2.24, 2.45) is 0 Å². The number of aliphatic hydroxyl groups is 11. The summed E-state index contributed by atoms with van der Waals surface area (Å²) >= 11 is 0. The number of hydrogen-bond acceptors (Lipinski definition) is 18. The maximum absolute atomic E-state index is 13.3. The summed E-state index contributed by atoms with van der Waals surface area (Å²) in [5, 5.41) is 120. The molecule has 0 aromatic heterocycles. The lowest BCUT2D eigenvalue weighted by molar-refractivity contribution is -0.379. The zero-order valence-electron chi connectivity index (χ0n) is 49.3. The van der Waals surface area contributed by atoms with Crippen LogP contribution in [0.5, 0.6) is 0 Å². The molecule has 0 radical (unpaired) electrons. The van der Waals surface area contributed by atoms with Crippen LogP contribution >= 0.6 is 0 Å². The van der Waals surface area contributed by atoms with Crippen molar-refractivity contribution < 1.29 is 89.4 Å². The van der Waals surface area contributed by atoms with Crippen LogP contribution in [0.4, 0.5) is 0 Å². The number of carbonyl (C=O) groups is 1. The first-order valence-corrected chi connectivity index (χ1v) is 31.4. The Morgan fingerprint density at radius 3 is 1.31 bits per heavy atom. The number of ether oxygens (including phenoxy) is 6. The minimum atomic E-state index is -1.98. The Balaban J connectivity index is 1.48. The second kappa shape index (κ2) is 45.1. The first-order chi connectivity index (χ1) is 39.3. The summed E-state index contributed by atoms with van der Waals surface area (Å²) in [5.74, 6) is -0.284. The molecule has 3 aliphatic rings. The van der Waals surface area contributed by atoms with Crippen LogP contribution in [0.2, 0.25) is 0 Å². The van der Waals surface area contributed by atoms with Crippen molar-refractivity contribution in [2.45, 2.75) is 311 Å². The predicted octanol–water partition coefficient (Wildman–Crippen LogP) is 6.26. The van der Waals surface area contributed by atoms with Crippen molar-refractivity contribution in [3.63, 3.8) is 0 Å². The smallest absolute Gasteiger partial charge is 0.220 e. The number of rotatable bonds is 46. The number of carbonyl (C=O) groups excluding carboxylic acids is 1. The molecule has 1 amide bonds. The first-order valence-electron chi connectivity index (χ1n) is 31.4. The summed E-state index contributed by atoms with van der Waals surface area (Å²) in [4.78, 5) is 13.3. The van der Waals surface area contributed by atoms with Gasteiger partial charge in [-0.05, 0) is 51.4 Å². The van der Waals surface area contributed by atoms with Crippen molar-refractivity contribution in [3.05, 3.63) is 48.6 Å². The molecule has 3 heterocycles. The standard InChI is InChI=1S/C62H111NO18/c1-3-5-7-9-11-13-15-17-19-20-21-22-23-24-26-27-29-31-33-35-37-39-46(67)45(63-50(68)40-38-36-34-32-30-28-25-18-16-14-12-10-8-6-4-2)44-76-60-56(74)53(71)58(48(42-65)78-60)81-62-57(75)54(72)59(49(43-66)79-62)80-61-55(73)52(70)51(69)47(41-64)77-61/h6,8,12,14,18,25,30,32,45-49,51-62,64-67,69-75H,3-5,7,9-11,13,15-17,19-24,26-29,31,33-44H2,1-2H3,(H,63,68)/b8-6-,14-12-,25-18-,32-30-. The molecule has 0 aliphatic carbocycles. The Morgan fingerprint density at radius 1 is 0.457 bits per heavy atom. The van der Waals surface area contributed by atoms with E-state index in [0.29, 0.717) is 12.8 Å². The van der Waals surface area contributed by atoms with Gasteiger partial charge in [-0.2, -0.15) is 0 Å². The summed E-state index contributed by atoms with van der Waals surface area (Å²) in [6.45, 7) is 1.64. The van der Waals surface area contributed by atoms with Crippen LogP contribution in [0.15, 0.2) is 48.6 Å². The largest absolute Gasteiger partial charge is 0.394 e. The fourth-order valence-electron chi connectivity index (χ4n) is 10.5. The molecule has 0 saturated carbocycles. The van der Waals surface area contributed by atoms with Gasteiger partial charge in [-0.15, -0.1) is 0 Å². The molecule has 19 nitrogen and oxygen atoms in total. The number of hydrogen-bond donors (Lipinski definition) is 12. The minimum Gasteiger partial charge on any atom is -0.394 e. The zero-order chi connectivity index (χ0) is 59.0. The van der Waals surface area contributed by atoms with Gasteiger partial charge in [0.2, 0.25) is 5.91 Å². The van der Waals surface area contributed by atoms with Gasteiger partial charge in [0.15, 0.2) is 18.9 Å². The fourth-order valence-corrected chi connectivity index (χ4v) is 10.5. The minimum absolute atomic E-state index is 0.213. The number of unbranched alkanes of at least 4 members (excludes halogenated alkanes) is 22. The first kappa shape index (κ1) is 73.0. The Bertz CT molecular complexity index is 1670. The molecule has 472 valence electrons. The van der Waals surface area contributed by atoms with E-state index in [9.17, 15) is 61.0 Å². The highest BCUT2D eigenvalue weighted by atomic mass is 16.8. The molecule has 0 aromatic rings. The van der Waals surface area contributed by atoms with E-state index in [-0.39, 0.29) is 18.9 Å². The quantitative estimate of drug-likeness (QED) is 0.0236. The van der Waals surface area contributed by atoms with Crippen LogP contribution in [-0.2, 0) is 33.2 Å². The van der Waals surface area contributed by atoms with Gasteiger partial charge < -0.3 is 89.9 Å². The van der Waals surface area contributed by atoms with Gasteiger partial charge in [0.05, 0.1) is 38.6 Å². The SMILES string of the molecule is CC/C=C\C/C=C\C/C=C\C/C=C\CCCCC(=O)NC(COC1OC(CO)C(OC2OC(CO)C(OC3OC(CO)C(O)C(O)C3O)C(O)C2O)C(O)C1O)C(O)CCCCCCCCCCCCCCCCCCCCCCC. The van der Waals surface area contributed by atoms with Gasteiger partial charge in [-0.3, -0.25) is 4.79 Å². The van der Waals surface area contributed by atoms with E-state index < -0.39 is 124 Å². The number of nitrogens with one attached hydrogen (secondary N) is 1. The maximum Gasteiger partial charge on any atom is 0.220 e. The molecule has 81 heavy (non-hydrogen) atoms. The van der Waals surface area contributed by atoms with Gasteiger partial charge in [0, 0.05) is 6.42 Å². The van der Waals surface area contributed by atoms with E-state index in [2.05, 4.69) is 67.8 Å². The lowest BCUT2D eigenvalue weighted by Gasteiger charge is -2.48. The van der Waals surface area contributed by atoms with Crippen molar-refractivity contribution in [1.82, 2.24) is 5.32 Å². The molecule has 17 unspecified atom stereocenters. The van der Waals surface area contributed by atoms with Crippen LogP contribution in [0.25, 0.3) is 0 Å². The number of allylic oxidation sites excluding steroid dienone is 8. The van der Waals surface area contributed by atoms with Crippen LogP contribution in [0, 0.1) is 0 Å². The Kier molecular flexibility index (Phi) is 40.7. The Morgan fingerprint density at radius 2 is 0.852 bits per heavy atom. The molecule has 0 bridgehead atoms. The summed E-state index contributed by atoms with van der Waals surface area (Å²) < 4.78 is 34.3. The summed E-state index contributed by atoms with van der Waals surface area (Å²) in [6.07, 6.45) is 23.4. The highest BCUT2D eigenvalue weighted by Crippen LogP contribution is 2.33. The van der Waals surface area contributed by atoms with Crippen LogP contribution in [0.1, 0.15) is 206 Å². The van der Waals surface area contributed by atoms with Crippen LogP contribution in [0.3, 0.4) is 0 Å². The van der Waals surface area contributed by atoms with E-state index >= 15 is 0 Å². The molecule has 19 heteroatoms. The average molecular weight is 1160 g/mol. The second-order valence-electron chi connectivity index (χ2n) is 22.5. The number of amides is 1. The van der Waals surface area contributed by atoms with Gasteiger partial charge in [-0.1, -0.05) is 197 Å². The second-order valence-corrected chi connectivity index (χ2v) is 22.5. The molecule has 17 atom stereocenters. The molecule has 0 spiro atoms. The van der Waals surface area contributed by atoms with Crippen LogP contribution in [-0.4, -0.2) is 193 Å². The fraction of sp³-hybridized carbons (Fsp3) is 0.855. The van der Waals surface area contributed by atoms with Crippen LogP contribution < -0.4 is 5.32 Å². The summed E-state index contributed by atoms with van der Waals surface area (Å²) in [6, 6.07) is -0.910. The molecule has 3 rings (SSSR count). The van der Waals surface area contributed by atoms with Gasteiger partial charge in [0.1, 0.15) is 73.2 Å². The lowest BCUT2D eigenvalue weighted by atomic mass is 9.96. The van der Waals surface area contributed by atoms with Gasteiger partial charge >= 0.3 is 0 Å². The average Bonchev–Trinajstić information content (AvgIpc) is 3.52. The zero-order valence-corrected chi connectivity index (χ0v) is 49.3. The molecule has 3 saturated heterocycles. The van der Waals surface area contributed by atoms with E-state index in [1.54, 1.807) is 0 Å². The number of aliphatic hydroxyl groups excluding tert-OH is 11. The third-order valence-corrected chi connectivity index (χ3v) is 15.7. The molecule has 0 aromatic carbocycles. The Labute approximate surface area is 484 Å². The van der Waals surface area contributed by atoms with E-state index in [4.69, 9.17) is 28.4 Å². The van der Waals surface area contributed by atoms with E-state index in [0.717, 1.165) is 64.2 Å². The highest BCUT2D eigenvalue weighted by Gasteiger charge is 2.53. The third-order valence-electron chi connectivity index (χ3n) is 15.7. The molecule has 12 N–H and O–H groups in total. The summed E-state index contributed by atoms with van der Waals surface area (Å²) in [7, 11) is 0. The van der Waals surface area contributed by atoms with Crippen molar-refractivity contribution in [3.8, 4) is 0 Å². The monoisotopic (exact) mass is 1160 g/mol. The highest BCUT2D eigenvalue weighted by molar-refractivity contribution is 5.76. The Hall–Kier alpha value is -2.25. The predicted molar refractivity (Wildman–Crippen MR) is 309 cm³/mol. The molecular weight excluding hydrogens is 1050 g/mol.